The van der Waals surface area contributed by atoms with Crippen LogP contribution in [0.1, 0.15) is 30.9 Å². The van der Waals surface area contributed by atoms with E-state index in [1.165, 1.54) is 4.31 Å². The lowest BCUT2D eigenvalue weighted by atomic mass is 10.1. The molecule has 28 heavy (non-hydrogen) atoms. The number of carbonyl (C=O) groups is 1. The Morgan fingerprint density at radius 2 is 1.82 bits per heavy atom. The van der Waals surface area contributed by atoms with Gasteiger partial charge in [0.05, 0.1) is 18.6 Å². The molecule has 0 aliphatic carbocycles. The molecule has 2 rings (SSSR count). The average Bonchev–Trinajstić information content (AvgIpc) is 2.62. The SMILES string of the molecule is CCOc1ccccc1N(CCCC(=O)Nc1ccc(C)c(C)c1)S(C)(=O)=O. The highest BCUT2D eigenvalue weighted by Gasteiger charge is 2.21. The first-order valence-electron chi connectivity index (χ1n) is 9.29. The van der Waals surface area contributed by atoms with Crippen LogP contribution in [0.5, 0.6) is 5.75 Å². The van der Waals surface area contributed by atoms with Crippen LogP contribution in [-0.4, -0.2) is 33.7 Å². The number of carbonyl (C=O) groups excluding carboxylic acids is 1. The van der Waals surface area contributed by atoms with Crippen molar-refractivity contribution in [3.63, 3.8) is 0 Å². The van der Waals surface area contributed by atoms with Gasteiger partial charge in [-0.15, -0.1) is 0 Å². The summed E-state index contributed by atoms with van der Waals surface area (Å²) < 4.78 is 31.4. The minimum Gasteiger partial charge on any atom is -0.492 e. The lowest BCUT2D eigenvalue weighted by Crippen LogP contribution is -2.31. The molecular formula is C21H28N2O4S. The van der Waals surface area contributed by atoms with E-state index >= 15 is 0 Å². The van der Waals surface area contributed by atoms with Crippen LogP contribution in [-0.2, 0) is 14.8 Å². The number of anilines is 2. The Bertz CT molecular complexity index is 926. The second kappa shape index (κ2) is 9.59. The minimum absolute atomic E-state index is 0.144. The predicted octanol–water partition coefficient (Wildman–Crippen LogP) is 3.89. The zero-order valence-corrected chi connectivity index (χ0v) is 17.7. The zero-order valence-electron chi connectivity index (χ0n) is 16.9. The molecule has 0 bridgehead atoms. The van der Waals surface area contributed by atoms with Crippen molar-refractivity contribution in [3.8, 4) is 5.75 Å². The number of rotatable bonds is 9. The van der Waals surface area contributed by atoms with Gasteiger partial charge in [-0.1, -0.05) is 18.2 Å². The van der Waals surface area contributed by atoms with E-state index in [2.05, 4.69) is 5.32 Å². The molecule has 0 saturated heterocycles. The van der Waals surface area contributed by atoms with Crippen molar-refractivity contribution < 1.29 is 17.9 Å². The molecule has 2 aromatic carbocycles. The summed E-state index contributed by atoms with van der Waals surface area (Å²) in [6, 6.07) is 12.8. The summed E-state index contributed by atoms with van der Waals surface area (Å²) >= 11 is 0. The summed E-state index contributed by atoms with van der Waals surface area (Å²) in [6.45, 7) is 6.49. The van der Waals surface area contributed by atoms with Crippen LogP contribution in [0.25, 0.3) is 0 Å². The number of aryl methyl sites for hydroxylation is 2. The van der Waals surface area contributed by atoms with Crippen LogP contribution in [0, 0.1) is 13.8 Å². The number of para-hydroxylation sites is 2. The van der Waals surface area contributed by atoms with Crippen LogP contribution < -0.4 is 14.4 Å². The summed E-state index contributed by atoms with van der Waals surface area (Å²) in [4.78, 5) is 12.2. The third-order valence-electron chi connectivity index (χ3n) is 4.39. The molecule has 152 valence electrons. The number of benzene rings is 2. The number of hydrogen-bond donors (Lipinski definition) is 1. The molecule has 0 atom stereocenters. The molecule has 7 heteroatoms. The maximum atomic E-state index is 12.3. The fourth-order valence-electron chi connectivity index (χ4n) is 2.83. The fraction of sp³-hybridized carbons (Fsp3) is 0.381. The van der Waals surface area contributed by atoms with Gasteiger partial charge < -0.3 is 10.1 Å². The quantitative estimate of drug-likeness (QED) is 0.688. The molecule has 0 radical (unpaired) electrons. The van der Waals surface area contributed by atoms with Gasteiger partial charge in [-0.25, -0.2) is 8.42 Å². The van der Waals surface area contributed by atoms with Crippen molar-refractivity contribution in [1.82, 2.24) is 0 Å². The summed E-state index contributed by atoms with van der Waals surface area (Å²) in [7, 11) is -3.50. The van der Waals surface area contributed by atoms with E-state index in [-0.39, 0.29) is 18.9 Å². The summed E-state index contributed by atoms with van der Waals surface area (Å²) in [5.74, 6) is 0.366. The Hall–Kier alpha value is -2.54. The molecule has 6 nitrogen and oxygen atoms in total. The van der Waals surface area contributed by atoms with E-state index in [9.17, 15) is 13.2 Å². The Morgan fingerprint density at radius 3 is 2.46 bits per heavy atom. The van der Waals surface area contributed by atoms with Gasteiger partial charge in [0.1, 0.15) is 5.75 Å². The van der Waals surface area contributed by atoms with E-state index in [1.54, 1.807) is 24.3 Å². The second-order valence-electron chi connectivity index (χ2n) is 6.69. The molecule has 1 N–H and O–H groups in total. The Labute approximate surface area is 167 Å². The van der Waals surface area contributed by atoms with Crippen molar-refractivity contribution in [1.29, 1.82) is 0 Å². The monoisotopic (exact) mass is 404 g/mol. The summed E-state index contributed by atoms with van der Waals surface area (Å²) in [5, 5.41) is 2.86. The van der Waals surface area contributed by atoms with Crippen LogP contribution in [0.3, 0.4) is 0 Å². The molecule has 2 aromatic rings. The van der Waals surface area contributed by atoms with Crippen molar-refractivity contribution in [3.05, 3.63) is 53.6 Å². The summed E-state index contributed by atoms with van der Waals surface area (Å²) in [6.07, 6.45) is 1.77. The molecule has 0 heterocycles. The van der Waals surface area contributed by atoms with Gasteiger partial charge in [0.2, 0.25) is 15.9 Å². The van der Waals surface area contributed by atoms with Gasteiger partial charge >= 0.3 is 0 Å². The largest absolute Gasteiger partial charge is 0.492 e. The predicted molar refractivity (Wildman–Crippen MR) is 114 cm³/mol. The van der Waals surface area contributed by atoms with Crippen molar-refractivity contribution in [2.75, 3.05) is 29.0 Å². The van der Waals surface area contributed by atoms with Crippen LogP contribution in [0.4, 0.5) is 11.4 Å². The van der Waals surface area contributed by atoms with E-state index in [1.807, 2.05) is 39.0 Å². The fourth-order valence-corrected chi connectivity index (χ4v) is 3.80. The van der Waals surface area contributed by atoms with Crippen LogP contribution in [0.15, 0.2) is 42.5 Å². The normalized spacial score (nSPS) is 11.1. The lowest BCUT2D eigenvalue weighted by Gasteiger charge is -2.24. The van der Waals surface area contributed by atoms with Gasteiger partial charge in [-0.3, -0.25) is 9.10 Å². The maximum Gasteiger partial charge on any atom is 0.232 e. The molecule has 0 unspecified atom stereocenters. The third kappa shape index (κ3) is 5.99. The second-order valence-corrected chi connectivity index (χ2v) is 8.59. The van der Waals surface area contributed by atoms with E-state index < -0.39 is 10.0 Å². The lowest BCUT2D eigenvalue weighted by molar-refractivity contribution is -0.116. The van der Waals surface area contributed by atoms with Crippen molar-refractivity contribution in [2.24, 2.45) is 0 Å². The van der Waals surface area contributed by atoms with E-state index in [0.29, 0.717) is 24.5 Å². The first-order chi connectivity index (χ1) is 13.2. The molecule has 0 aliphatic rings. The van der Waals surface area contributed by atoms with Gasteiger partial charge in [-0.2, -0.15) is 0 Å². The highest BCUT2D eigenvalue weighted by atomic mass is 32.2. The average molecular weight is 405 g/mol. The number of sulfonamides is 1. The molecular weight excluding hydrogens is 376 g/mol. The zero-order chi connectivity index (χ0) is 20.7. The molecule has 0 aliphatic heterocycles. The molecule has 0 fully saturated rings. The Morgan fingerprint density at radius 1 is 1.11 bits per heavy atom. The van der Waals surface area contributed by atoms with E-state index in [0.717, 1.165) is 23.1 Å². The van der Waals surface area contributed by atoms with Gasteiger partial charge in [0, 0.05) is 18.7 Å². The molecule has 0 saturated carbocycles. The first-order valence-corrected chi connectivity index (χ1v) is 11.1. The minimum atomic E-state index is -3.50. The third-order valence-corrected chi connectivity index (χ3v) is 5.57. The molecule has 0 spiro atoms. The van der Waals surface area contributed by atoms with Crippen molar-refractivity contribution in [2.45, 2.75) is 33.6 Å². The highest BCUT2D eigenvalue weighted by Crippen LogP contribution is 2.30. The number of amides is 1. The number of ether oxygens (including phenoxy) is 1. The number of hydrogen-bond acceptors (Lipinski definition) is 4. The van der Waals surface area contributed by atoms with E-state index in [4.69, 9.17) is 4.74 Å². The first kappa shape index (κ1) is 21.8. The summed E-state index contributed by atoms with van der Waals surface area (Å²) in [5.41, 5.74) is 3.50. The number of nitrogens with one attached hydrogen (secondary N) is 1. The highest BCUT2D eigenvalue weighted by molar-refractivity contribution is 7.92. The van der Waals surface area contributed by atoms with Gasteiger partial charge in [-0.05, 0) is 62.6 Å². The molecule has 1 amide bonds. The van der Waals surface area contributed by atoms with Gasteiger partial charge in [0.25, 0.3) is 0 Å². The van der Waals surface area contributed by atoms with Crippen LogP contribution >= 0.6 is 0 Å². The smallest absolute Gasteiger partial charge is 0.232 e. The Kier molecular flexibility index (Phi) is 7.45. The maximum absolute atomic E-state index is 12.3. The number of nitrogens with zero attached hydrogens (tertiary/aromatic N) is 1. The van der Waals surface area contributed by atoms with Crippen molar-refractivity contribution >= 4 is 27.3 Å². The van der Waals surface area contributed by atoms with Gasteiger partial charge in [0.15, 0.2) is 0 Å². The Balaban J connectivity index is 2.03. The topological polar surface area (TPSA) is 75.7 Å². The van der Waals surface area contributed by atoms with Crippen LogP contribution in [0.2, 0.25) is 0 Å². The standard InChI is InChI=1S/C21H28N2O4S/c1-5-27-20-10-7-6-9-19(20)23(28(4,25)26)14-8-11-21(24)22-18-13-12-16(2)17(3)15-18/h6-7,9-10,12-13,15H,5,8,11,14H2,1-4H3,(H,22,24). The molecule has 0 aromatic heterocycles.